The number of carbonyl (C=O) groups is 2. The van der Waals surface area contributed by atoms with Gasteiger partial charge in [0, 0.05) is 5.56 Å². The molecule has 1 saturated heterocycles. The Balaban J connectivity index is 1.31. The van der Waals surface area contributed by atoms with Gasteiger partial charge in [0.2, 0.25) is 0 Å². The Hall–Kier alpha value is -3.71. The molecule has 0 aliphatic carbocycles. The molecule has 0 unspecified atom stereocenters. The van der Waals surface area contributed by atoms with E-state index in [0.29, 0.717) is 29.6 Å². The summed E-state index contributed by atoms with van der Waals surface area (Å²) in [6, 6.07) is 23.2. The fraction of sp³-hybridized carbons (Fsp3) is 0.290. The lowest BCUT2D eigenvalue weighted by atomic mass is 9.87. The molecule has 0 radical (unpaired) electrons. The van der Waals surface area contributed by atoms with E-state index in [9.17, 15) is 9.59 Å². The van der Waals surface area contributed by atoms with Gasteiger partial charge in [0.05, 0.1) is 11.4 Å². The number of carbonyl (C=O) groups excluding carboxylic acids is 2. The topological polar surface area (TPSA) is 65.1 Å². The highest BCUT2D eigenvalue weighted by atomic mass is 32.2. The molecular weight excluding hydrogens is 498 g/mol. The molecule has 1 aliphatic heterocycles. The minimum absolute atomic E-state index is 0.0929. The number of rotatable bonds is 10. The summed E-state index contributed by atoms with van der Waals surface area (Å²) in [5.41, 5.74) is 3.15. The van der Waals surface area contributed by atoms with E-state index in [0.717, 1.165) is 28.6 Å². The van der Waals surface area contributed by atoms with E-state index in [-0.39, 0.29) is 29.7 Å². The van der Waals surface area contributed by atoms with Crippen molar-refractivity contribution in [2.75, 3.05) is 26.4 Å². The third kappa shape index (κ3) is 7.19. The number of aryl methyl sites for hydroxylation is 1. The zero-order valence-electron chi connectivity index (χ0n) is 22.2. The van der Waals surface area contributed by atoms with Gasteiger partial charge in [0.25, 0.3) is 11.1 Å². The lowest BCUT2D eigenvalue weighted by Crippen LogP contribution is -2.32. The summed E-state index contributed by atoms with van der Waals surface area (Å²) < 4.78 is 17.5. The Labute approximate surface area is 228 Å². The molecule has 3 aromatic rings. The largest absolute Gasteiger partial charge is 0.492 e. The van der Waals surface area contributed by atoms with E-state index in [1.807, 2.05) is 67.6 Å². The van der Waals surface area contributed by atoms with E-state index in [1.165, 1.54) is 10.5 Å². The highest BCUT2D eigenvalue weighted by Gasteiger charge is 2.35. The summed E-state index contributed by atoms with van der Waals surface area (Å²) in [6.07, 6.45) is 1.70. The first-order valence-electron chi connectivity index (χ1n) is 12.6. The van der Waals surface area contributed by atoms with E-state index in [1.54, 1.807) is 6.08 Å². The number of ether oxygens (including phenoxy) is 3. The molecule has 198 valence electrons. The lowest BCUT2D eigenvalue weighted by molar-refractivity contribution is -0.123. The molecule has 1 heterocycles. The number of para-hydroxylation sites is 1. The molecule has 0 bridgehead atoms. The van der Waals surface area contributed by atoms with Crippen LogP contribution in [0.1, 0.15) is 37.5 Å². The van der Waals surface area contributed by atoms with E-state index < -0.39 is 0 Å². The van der Waals surface area contributed by atoms with E-state index in [4.69, 9.17) is 14.2 Å². The van der Waals surface area contributed by atoms with Gasteiger partial charge in [-0.2, -0.15) is 0 Å². The van der Waals surface area contributed by atoms with Crippen LogP contribution in [0.15, 0.2) is 77.7 Å². The van der Waals surface area contributed by atoms with Crippen LogP contribution in [0.2, 0.25) is 0 Å². The Bertz CT molecular complexity index is 1310. The van der Waals surface area contributed by atoms with Crippen molar-refractivity contribution in [1.29, 1.82) is 0 Å². The maximum Gasteiger partial charge on any atom is 0.293 e. The van der Waals surface area contributed by atoms with Crippen molar-refractivity contribution in [3.05, 3.63) is 94.4 Å². The second-order valence-corrected chi connectivity index (χ2v) is 11.0. The zero-order chi connectivity index (χ0) is 27.1. The summed E-state index contributed by atoms with van der Waals surface area (Å²) in [5, 5.41) is -0.307. The van der Waals surface area contributed by atoms with Crippen LogP contribution in [0.25, 0.3) is 6.08 Å². The molecule has 0 aromatic heterocycles. The summed E-state index contributed by atoms with van der Waals surface area (Å²) in [6.45, 7) is 9.63. The van der Waals surface area contributed by atoms with Crippen LogP contribution in [0.3, 0.4) is 0 Å². The second-order valence-electron chi connectivity index (χ2n) is 10.0. The summed E-state index contributed by atoms with van der Waals surface area (Å²) in [5.74, 6) is 1.79. The molecule has 3 aromatic carbocycles. The Morgan fingerprint density at radius 2 is 1.53 bits per heavy atom. The van der Waals surface area contributed by atoms with Gasteiger partial charge < -0.3 is 14.2 Å². The SMILES string of the molecule is Cc1cccc(OCCN2C(=O)S/C(=C\c3ccccc3OCCOc3ccc(C(C)(C)C)cc3)C2=O)c1. The van der Waals surface area contributed by atoms with Crippen LogP contribution in [-0.2, 0) is 10.2 Å². The molecule has 38 heavy (non-hydrogen) atoms. The first kappa shape index (κ1) is 27.3. The average molecular weight is 532 g/mol. The first-order chi connectivity index (χ1) is 18.2. The number of benzene rings is 3. The third-order valence-corrected chi connectivity index (χ3v) is 6.89. The standard InChI is InChI=1S/C31H33NO5S/c1-22-8-7-10-26(20-22)35-17-16-32-29(33)28(38-30(32)34)21-23-9-5-6-11-27(23)37-19-18-36-25-14-12-24(13-15-25)31(2,3)4/h5-15,20-21H,16-19H2,1-4H3/b28-21-. The van der Waals surface area contributed by atoms with Gasteiger partial charge in [0.15, 0.2) is 0 Å². The molecule has 4 rings (SSSR count). The van der Waals surface area contributed by atoms with Gasteiger partial charge in [-0.25, -0.2) is 0 Å². The highest BCUT2D eigenvalue weighted by molar-refractivity contribution is 8.18. The molecular formula is C31H33NO5S. The minimum Gasteiger partial charge on any atom is -0.492 e. The van der Waals surface area contributed by atoms with Crippen LogP contribution < -0.4 is 14.2 Å². The molecule has 0 N–H and O–H groups in total. The predicted octanol–water partition coefficient (Wildman–Crippen LogP) is 6.87. The second kappa shape index (κ2) is 12.2. The van der Waals surface area contributed by atoms with Gasteiger partial charge in [-0.1, -0.05) is 63.2 Å². The number of hydrogen-bond donors (Lipinski definition) is 0. The molecule has 0 spiro atoms. The van der Waals surface area contributed by atoms with Crippen LogP contribution in [0, 0.1) is 6.92 Å². The number of imide groups is 1. The summed E-state index contributed by atoms with van der Waals surface area (Å²) in [7, 11) is 0. The Kier molecular flexibility index (Phi) is 8.79. The maximum absolute atomic E-state index is 12.9. The van der Waals surface area contributed by atoms with Crippen molar-refractivity contribution in [2.24, 2.45) is 0 Å². The number of thioether (sulfide) groups is 1. The van der Waals surface area contributed by atoms with Gasteiger partial charge in [-0.05, 0) is 71.6 Å². The van der Waals surface area contributed by atoms with Crippen molar-refractivity contribution >= 4 is 29.0 Å². The van der Waals surface area contributed by atoms with Crippen LogP contribution in [-0.4, -0.2) is 42.4 Å². The fourth-order valence-corrected chi connectivity index (χ4v) is 4.74. The van der Waals surface area contributed by atoms with Gasteiger partial charge >= 0.3 is 0 Å². The fourth-order valence-electron chi connectivity index (χ4n) is 3.89. The first-order valence-corrected chi connectivity index (χ1v) is 13.4. The number of nitrogens with zero attached hydrogens (tertiary/aromatic N) is 1. The van der Waals surface area contributed by atoms with Crippen molar-refractivity contribution in [1.82, 2.24) is 4.90 Å². The predicted molar refractivity (Wildman–Crippen MR) is 152 cm³/mol. The molecule has 2 amide bonds. The Morgan fingerprint density at radius 3 is 2.26 bits per heavy atom. The molecule has 1 fully saturated rings. The quantitative estimate of drug-likeness (QED) is 0.210. The number of amides is 2. The number of hydrogen-bond acceptors (Lipinski definition) is 6. The normalized spacial score (nSPS) is 14.7. The molecule has 0 saturated carbocycles. The third-order valence-electron chi connectivity index (χ3n) is 5.98. The summed E-state index contributed by atoms with van der Waals surface area (Å²) in [4.78, 5) is 27.0. The summed E-state index contributed by atoms with van der Waals surface area (Å²) >= 11 is 0.925. The molecule has 6 nitrogen and oxygen atoms in total. The van der Waals surface area contributed by atoms with Gasteiger partial charge in [-0.3, -0.25) is 14.5 Å². The van der Waals surface area contributed by atoms with Crippen LogP contribution in [0.4, 0.5) is 4.79 Å². The van der Waals surface area contributed by atoms with Crippen molar-refractivity contribution < 1.29 is 23.8 Å². The molecule has 1 aliphatic rings. The minimum atomic E-state index is -0.329. The van der Waals surface area contributed by atoms with E-state index in [2.05, 4.69) is 32.9 Å². The monoisotopic (exact) mass is 531 g/mol. The average Bonchev–Trinajstić information content (AvgIpc) is 3.14. The van der Waals surface area contributed by atoms with Crippen LogP contribution >= 0.6 is 11.8 Å². The molecule has 7 heteroatoms. The van der Waals surface area contributed by atoms with Crippen molar-refractivity contribution in [2.45, 2.75) is 33.1 Å². The van der Waals surface area contributed by atoms with Gasteiger partial charge in [-0.15, -0.1) is 0 Å². The highest BCUT2D eigenvalue weighted by Crippen LogP contribution is 2.34. The lowest BCUT2D eigenvalue weighted by Gasteiger charge is -2.19. The Morgan fingerprint density at radius 1 is 0.816 bits per heavy atom. The maximum atomic E-state index is 12.9. The van der Waals surface area contributed by atoms with Crippen molar-refractivity contribution in [3.63, 3.8) is 0 Å². The van der Waals surface area contributed by atoms with Gasteiger partial charge in [0.1, 0.15) is 37.1 Å². The van der Waals surface area contributed by atoms with Crippen molar-refractivity contribution in [3.8, 4) is 17.2 Å². The zero-order valence-corrected chi connectivity index (χ0v) is 23.0. The molecule has 0 atom stereocenters. The van der Waals surface area contributed by atoms with Crippen LogP contribution in [0.5, 0.6) is 17.2 Å². The smallest absolute Gasteiger partial charge is 0.293 e. The van der Waals surface area contributed by atoms with E-state index >= 15 is 0 Å².